The summed E-state index contributed by atoms with van der Waals surface area (Å²) in [6.07, 6.45) is 2.93. The van der Waals surface area contributed by atoms with E-state index >= 15 is 0 Å². The van der Waals surface area contributed by atoms with Crippen LogP contribution in [0.25, 0.3) is 0 Å². The van der Waals surface area contributed by atoms with Gasteiger partial charge in [-0.2, -0.15) is 23.5 Å². The quantitative estimate of drug-likeness (QED) is 0.736. The Balaban J connectivity index is 2.29. The second kappa shape index (κ2) is 4.26. The van der Waals surface area contributed by atoms with Crippen molar-refractivity contribution in [2.45, 2.75) is 11.7 Å². The third-order valence-corrected chi connectivity index (χ3v) is 4.15. The van der Waals surface area contributed by atoms with E-state index in [2.05, 4.69) is 6.26 Å². The first kappa shape index (κ1) is 9.26. The van der Waals surface area contributed by atoms with Crippen molar-refractivity contribution in [2.24, 2.45) is 5.92 Å². The predicted octanol–water partition coefficient (Wildman–Crippen LogP) is 1.56. The number of hydrogen-bond donors (Lipinski definition) is 1. The average Bonchev–Trinajstić information content (AvgIpc) is 2.37. The van der Waals surface area contributed by atoms with Gasteiger partial charge in [0.05, 0.1) is 5.92 Å². The van der Waals surface area contributed by atoms with Gasteiger partial charge in [-0.1, -0.05) is 0 Å². The SMILES string of the molecule is CSC[C@H]1C[C@H](C(=O)O)CS1. The molecule has 4 heteroatoms. The van der Waals surface area contributed by atoms with Gasteiger partial charge in [0.25, 0.3) is 0 Å². The van der Waals surface area contributed by atoms with E-state index in [9.17, 15) is 4.79 Å². The molecule has 0 amide bonds. The summed E-state index contributed by atoms with van der Waals surface area (Å²) in [5, 5.41) is 9.25. The van der Waals surface area contributed by atoms with Crippen molar-refractivity contribution in [3.8, 4) is 0 Å². The van der Waals surface area contributed by atoms with Gasteiger partial charge in [-0.25, -0.2) is 0 Å². The standard InChI is InChI=1S/C7H12O2S2/c1-10-4-6-2-5(3-11-6)7(8)9/h5-6H,2-4H2,1H3,(H,8,9)/t5-,6+/m0/s1. The third-order valence-electron chi connectivity index (χ3n) is 1.78. The van der Waals surface area contributed by atoms with Crippen LogP contribution in [0.4, 0.5) is 0 Å². The van der Waals surface area contributed by atoms with Gasteiger partial charge in [0.15, 0.2) is 0 Å². The first-order valence-electron chi connectivity index (χ1n) is 3.57. The Bertz CT molecular complexity index is 149. The van der Waals surface area contributed by atoms with Crippen LogP contribution in [0.5, 0.6) is 0 Å². The van der Waals surface area contributed by atoms with Gasteiger partial charge in [-0.05, 0) is 12.7 Å². The minimum atomic E-state index is -0.624. The van der Waals surface area contributed by atoms with E-state index in [0.29, 0.717) is 5.25 Å². The molecule has 0 aromatic carbocycles. The highest BCUT2D eigenvalue weighted by atomic mass is 32.2. The van der Waals surface area contributed by atoms with Crippen LogP contribution >= 0.6 is 23.5 Å². The highest BCUT2D eigenvalue weighted by Gasteiger charge is 2.29. The van der Waals surface area contributed by atoms with Crippen LogP contribution in [0.1, 0.15) is 6.42 Å². The molecular weight excluding hydrogens is 180 g/mol. The minimum absolute atomic E-state index is 0.0860. The van der Waals surface area contributed by atoms with Crippen molar-refractivity contribution in [1.29, 1.82) is 0 Å². The molecule has 0 aromatic rings. The summed E-state index contributed by atoms with van der Waals surface area (Å²) >= 11 is 3.60. The number of aliphatic carboxylic acids is 1. The van der Waals surface area contributed by atoms with E-state index in [4.69, 9.17) is 5.11 Å². The minimum Gasteiger partial charge on any atom is -0.481 e. The Kier molecular flexibility index (Phi) is 3.59. The fourth-order valence-electron chi connectivity index (χ4n) is 1.18. The maximum atomic E-state index is 10.5. The molecule has 0 radical (unpaired) electrons. The zero-order valence-corrected chi connectivity index (χ0v) is 8.08. The van der Waals surface area contributed by atoms with Crippen molar-refractivity contribution in [3.63, 3.8) is 0 Å². The van der Waals surface area contributed by atoms with Crippen molar-refractivity contribution in [1.82, 2.24) is 0 Å². The highest BCUT2D eigenvalue weighted by Crippen LogP contribution is 2.32. The Morgan fingerprint density at radius 3 is 3.00 bits per heavy atom. The molecule has 1 rings (SSSR count). The van der Waals surface area contributed by atoms with Crippen molar-refractivity contribution >= 4 is 29.5 Å². The number of carboxylic acid groups (broad SMARTS) is 1. The first-order valence-corrected chi connectivity index (χ1v) is 6.01. The highest BCUT2D eigenvalue weighted by molar-refractivity contribution is 8.03. The monoisotopic (exact) mass is 192 g/mol. The number of hydrogen-bond acceptors (Lipinski definition) is 3. The van der Waals surface area contributed by atoms with Crippen molar-refractivity contribution in [3.05, 3.63) is 0 Å². The molecule has 0 spiro atoms. The summed E-state index contributed by atoms with van der Waals surface area (Å²) in [5.41, 5.74) is 0. The molecule has 2 atom stereocenters. The van der Waals surface area contributed by atoms with E-state index in [1.165, 1.54) is 0 Å². The van der Waals surface area contributed by atoms with Crippen LogP contribution in [0.15, 0.2) is 0 Å². The van der Waals surface area contributed by atoms with Gasteiger partial charge in [0.1, 0.15) is 0 Å². The lowest BCUT2D eigenvalue weighted by molar-refractivity contribution is -0.140. The van der Waals surface area contributed by atoms with Crippen LogP contribution < -0.4 is 0 Å². The van der Waals surface area contributed by atoms with E-state index in [1.807, 2.05) is 0 Å². The van der Waals surface area contributed by atoms with Crippen molar-refractivity contribution < 1.29 is 9.90 Å². The Morgan fingerprint density at radius 1 is 1.82 bits per heavy atom. The molecule has 0 unspecified atom stereocenters. The third kappa shape index (κ3) is 2.60. The molecule has 0 aromatic heterocycles. The molecule has 2 nitrogen and oxygen atoms in total. The normalized spacial score (nSPS) is 30.6. The summed E-state index contributed by atoms with van der Waals surface area (Å²) in [4.78, 5) is 10.5. The fraction of sp³-hybridized carbons (Fsp3) is 0.857. The molecule has 1 saturated heterocycles. The lowest BCUT2D eigenvalue weighted by Gasteiger charge is -2.04. The van der Waals surface area contributed by atoms with E-state index < -0.39 is 5.97 Å². The number of carboxylic acids is 1. The first-order chi connectivity index (χ1) is 5.24. The molecule has 0 bridgehead atoms. The van der Waals surface area contributed by atoms with Gasteiger partial charge in [0.2, 0.25) is 0 Å². The lowest BCUT2D eigenvalue weighted by Crippen LogP contribution is -2.13. The average molecular weight is 192 g/mol. The second-order valence-electron chi connectivity index (χ2n) is 2.68. The molecule has 11 heavy (non-hydrogen) atoms. The maximum Gasteiger partial charge on any atom is 0.307 e. The summed E-state index contributed by atoms with van der Waals surface area (Å²) in [6.45, 7) is 0. The number of carbonyl (C=O) groups is 1. The second-order valence-corrected chi connectivity index (χ2v) is 4.93. The topological polar surface area (TPSA) is 37.3 Å². The Morgan fingerprint density at radius 2 is 2.55 bits per heavy atom. The molecule has 1 fully saturated rings. The van der Waals surface area contributed by atoms with Crippen molar-refractivity contribution in [2.75, 3.05) is 17.8 Å². The summed E-state index contributed by atoms with van der Waals surface area (Å²) < 4.78 is 0. The zero-order chi connectivity index (χ0) is 8.27. The van der Waals surface area contributed by atoms with Crippen LogP contribution in [0.3, 0.4) is 0 Å². The maximum absolute atomic E-state index is 10.5. The van der Waals surface area contributed by atoms with Crippen LogP contribution in [0, 0.1) is 5.92 Å². The molecular formula is C7H12O2S2. The molecule has 1 heterocycles. The number of rotatable bonds is 3. The summed E-state index contributed by atoms with van der Waals surface area (Å²) in [6, 6.07) is 0. The van der Waals surface area contributed by atoms with Crippen LogP contribution in [0.2, 0.25) is 0 Å². The Labute approximate surface area is 75.1 Å². The molecule has 1 aliphatic heterocycles. The van der Waals surface area contributed by atoms with Crippen LogP contribution in [-0.4, -0.2) is 34.1 Å². The molecule has 0 saturated carbocycles. The van der Waals surface area contributed by atoms with Gasteiger partial charge in [0, 0.05) is 16.8 Å². The fourth-order valence-corrected chi connectivity index (χ4v) is 3.63. The van der Waals surface area contributed by atoms with Gasteiger partial charge in [-0.3, -0.25) is 4.79 Å². The molecule has 1 N–H and O–H groups in total. The van der Waals surface area contributed by atoms with Gasteiger partial charge in [-0.15, -0.1) is 0 Å². The van der Waals surface area contributed by atoms with E-state index in [-0.39, 0.29) is 5.92 Å². The molecule has 0 aliphatic carbocycles. The van der Waals surface area contributed by atoms with Gasteiger partial charge >= 0.3 is 5.97 Å². The predicted molar refractivity (Wildman–Crippen MR) is 50.4 cm³/mol. The van der Waals surface area contributed by atoms with Gasteiger partial charge < -0.3 is 5.11 Å². The summed E-state index contributed by atoms with van der Waals surface area (Å²) in [5.74, 6) is 1.19. The Hall–Kier alpha value is 0.170. The summed E-state index contributed by atoms with van der Waals surface area (Å²) in [7, 11) is 0. The van der Waals surface area contributed by atoms with E-state index in [0.717, 1.165) is 17.9 Å². The molecule has 64 valence electrons. The zero-order valence-electron chi connectivity index (χ0n) is 6.45. The largest absolute Gasteiger partial charge is 0.481 e. The lowest BCUT2D eigenvalue weighted by atomic mass is 10.1. The number of thioether (sulfide) groups is 2. The molecule has 1 aliphatic rings. The van der Waals surface area contributed by atoms with E-state index in [1.54, 1.807) is 23.5 Å². The van der Waals surface area contributed by atoms with Crippen LogP contribution in [-0.2, 0) is 4.79 Å². The smallest absolute Gasteiger partial charge is 0.307 e.